The predicted octanol–water partition coefficient (Wildman–Crippen LogP) is 8.58. The predicted molar refractivity (Wildman–Crippen MR) is 117 cm³/mol. The molecule has 0 N–H and O–H groups in total. The second-order valence-corrected chi connectivity index (χ2v) is 7.70. The number of ether oxygens (including phenoxy) is 1. The van der Waals surface area contributed by atoms with Crippen molar-refractivity contribution in [2.45, 2.75) is 110 Å². The molecule has 1 aromatic rings. The minimum Gasteiger partial charge on any atom is -0.490 e. The topological polar surface area (TPSA) is 9.23 Å². The lowest BCUT2D eigenvalue weighted by Crippen LogP contribution is -2.12. The summed E-state index contributed by atoms with van der Waals surface area (Å²) in [4.78, 5) is 0. The third kappa shape index (κ3) is 11.4. The number of unbranched alkanes of at least 4 members (excludes halogenated alkanes) is 12. The van der Waals surface area contributed by atoms with E-state index in [4.69, 9.17) is 4.74 Å². The van der Waals surface area contributed by atoms with E-state index in [0.29, 0.717) is 0 Å². The van der Waals surface area contributed by atoms with Crippen LogP contribution in [-0.4, -0.2) is 6.10 Å². The zero-order valence-electron chi connectivity index (χ0n) is 17.5. The monoisotopic (exact) mass is 358 g/mol. The van der Waals surface area contributed by atoms with Crippen LogP contribution in [0.25, 0.3) is 6.08 Å². The van der Waals surface area contributed by atoms with Gasteiger partial charge in [-0.05, 0) is 25.8 Å². The summed E-state index contributed by atoms with van der Waals surface area (Å²) in [6, 6.07) is 8.15. The first-order valence-corrected chi connectivity index (χ1v) is 11.2. The molecule has 0 aliphatic carbocycles. The summed E-state index contributed by atoms with van der Waals surface area (Å²) < 4.78 is 6.07. The first-order chi connectivity index (χ1) is 12.8. The SMILES string of the molecule is C=Cc1ccccc1OC(C)CCCCCCCCCCCCCCC. The van der Waals surface area contributed by atoms with Crippen LogP contribution in [0.15, 0.2) is 30.8 Å². The molecule has 1 atom stereocenters. The van der Waals surface area contributed by atoms with E-state index >= 15 is 0 Å². The third-order valence-electron chi connectivity index (χ3n) is 5.18. The van der Waals surface area contributed by atoms with Crippen molar-refractivity contribution >= 4 is 6.08 Å². The second-order valence-electron chi connectivity index (χ2n) is 7.70. The van der Waals surface area contributed by atoms with Gasteiger partial charge in [0.15, 0.2) is 0 Å². The Labute approximate surface area is 163 Å². The molecule has 1 unspecified atom stereocenters. The Bertz CT molecular complexity index is 451. The maximum Gasteiger partial charge on any atom is 0.126 e. The van der Waals surface area contributed by atoms with Crippen molar-refractivity contribution in [2.24, 2.45) is 0 Å². The molecule has 0 radical (unpaired) electrons. The van der Waals surface area contributed by atoms with E-state index in [1.165, 1.54) is 83.5 Å². The fourth-order valence-electron chi connectivity index (χ4n) is 3.48. The molecule has 1 heteroatoms. The zero-order chi connectivity index (χ0) is 18.9. The van der Waals surface area contributed by atoms with Crippen molar-refractivity contribution in [1.29, 1.82) is 0 Å². The van der Waals surface area contributed by atoms with Gasteiger partial charge in [-0.3, -0.25) is 0 Å². The minimum atomic E-state index is 0.281. The molecule has 0 bridgehead atoms. The summed E-state index contributed by atoms with van der Waals surface area (Å²) in [5.74, 6) is 0.963. The highest BCUT2D eigenvalue weighted by Gasteiger charge is 2.06. The Balaban J connectivity index is 1.92. The first-order valence-electron chi connectivity index (χ1n) is 11.2. The van der Waals surface area contributed by atoms with Gasteiger partial charge in [0.05, 0.1) is 6.10 Å². The van der Waals surface area contributed by atoms with Crippen molar-refractivity contribution in [3.63, 3.8) is 0 Å². The lowest BCUT2D eigenvalue weighted by Gasteiger charge is -2.16. The zero-order valence-corrected chi connectivity index (χ0v) is 17.5. The Morgan fingerprint density at radius 3 is 1.85 bits per heavy atom. The third-order valence-corrected chi connectivity index (χ3v) is 5.18. The Kier molecular flexibility index (Phi) is 14.0. The maximum absolute atomic E-state index is 6.07. The molecular formula is C25H42O. The van der Waals surface area contributed by atoms with Gasteiger partial charge in [-0.25, -0.2) is 0 Å². The van der Waals surface area contributed by atoms with Crippen molar-refractivity contribution in [3.05, 3.63) is 36.4 Å². The molecule has 0 fully saturated rings. The standard InChI is InChI=1S/C25H42O/c1-4-6-7-8-9-10-11-12-13-14-15-16-17-20-23(3)26-25-22-19-18-21-24(25)5-2/h5,18-19,21-23H,2,4,6-17,20H2,1,3H3. The summed E-state index contributed by atoms with van der Waals surface area (Å²) in [5.41, 5.74) is 1.09. The van der Waals surface area contributed by atoms with Gasteiger partial charge in [0.25, 0.3) is 0 Å². The molecule has 148 valence electrons. The minimum absolute atomic E-state index is 0.281. The lowest BCUT2D eigenvalue weighted by molar-refractivity contribution is 0.206. The summed E-state index contributed by atoms with van der Waals surface area (Å²) >= 11 is 0. The van der Waals surface area contributed by atoms with Gasteiger partial charge in [0.2, 0.25) is 0 Å². The molecule has 0 spiro atoms. The fourth-order valence-corrected chi connectivity index (χ4v) is 3.48. The van der Waals surface area contributed by atoms with E-state index in [-0.39, 0.29) is 6.10 Å². The van der Waals surface area contributed by atoms with E-state index in [1.54, 1.807) is 0 Å². The van der Waals surface area contributed by atoms with Crippen LogP contribution in [-0.2, 0) is 0 Å². The number of hydrogen-bond acceptors (Lipinski definition) is 1. The van der Waals surface area contributed by atoms with Gasteiger partial charge >= 0.3 is 0 Å². The normalized spacial score (nSPS) is 12.1. The number of para-hydroxylation sites is 1. The highest BCUT2D eigenvalue weighted by Crippen LogP contribution is 2.22. The molecule has 0 aromatic heterocycles. The number of hydrogen-bond donors (Lipinski definition) is 0. The van der Waals surface area contributed by atoms with E-state index in [1.807, 2.05) is 24.3 Å². The Morgan fingerprint density at radius 1 is 0.808 bits per heavy atom. The van der Waals surface area contributed by atoms with E-state index in [2.05, 4.69) is 26.5 Å². The van der Waals surface area contributed by atoms with Crippen molar-refractivity contribution in [2.75, 3.05) is 0 Å². The lowest BCUT2D eigenvalue weighted by atomic mass is 10.0. The molecule has 0 saturated heterocycles. The van der Waals surface area contributed by atoms with Crippen molar-refractivity contribution in [3.8, 4) is 5.75 Å². The van der Waals surface area contributed by atoms with E-state index < -0.39 is 0 Å². The summed E-state index contributed by atoms with van der Waals surface area (Å²) in [5, 5.41) is 0. The maximum atomic E-state index is 6.07. The molecule has 0 amide bonds. The van der Waals surface area contributed by atoms with Gasteiger partial charge in [-0.1, -0.05) is 115 Å². The number of benzene rings is 1. The van der Waals surface area contributed by atoms with Crippen LogP contribution >= 0.6 is 0 Å². The van der Waals surface area contributed by atoms with Crippen LogP contribution in [0.4, 0.5) is 0 Å². The van der Waals surface area contributed by atoms with Crippen LogP contribution in [0.3, 0.4) is 0 Å². The van der Waals surface area contributed by atoms with Crippen LogP contribution in [0, 0.1) is 0 Å². The van der Waals surface area contributed by atoms with Gasteiger partial charge in [-0.2, -0.15) is 0 Å². The fraction of sp³-hybridized carbons (Fsp3) is 0.680. The molecule has 1 aromatic carbocycles. The van der Waals surface area contributed by atoms with E-state index in [0.717, 1.165) is 17.7 Å². The molecular weight excluding hydrogens is 316 g/mol. The highest BCUT2D eigenvalue weighted by atomic mass is 16.5. The largest absolute Gasteiger partial charge is 0.490 e. The van der Waals surface area contributed by atoms with Gasteiger partial charge < -0.3 is 4.74 Å². The molecule has 0 aliphatic heterocycles. The molecule has 1 rings (SSSR count). The van der Waals surface area contributed by atoms with Gasteiger partial charge in [0, 0.05) is 5.56 Å². The average molecular weight is 359 g/mol. The summed E-state index contributed by atoms with van der Waals surface area (Å²) in [6.07, 6.45) is 21.6. The summed E-state index contributed by atoms with van der Waals surface area (Å²) in [6.45, 7) is 8.33. The average Bonchev–Trinajstić information content (AvgIpc) is 2.66. The van der Waals surface area contributed by atoms with Crippen LogP contribution in [0.2, 0.25) is 0 Å². The van der Waals surface area contributed by atoms with Gasteiger partial charge in [0.1, 0.15) is 5.75 Å². The second kappa shape index (κ2) is 16.0. The first kappa shape index (κ1) is 22.8. The van der Waals surface area contributed by atoms with E-state index in [9.17, 15) is 0 Å². The summed E-state index contributed by atoms with van der Waals surface area (Å²) in [7, 11) is 0. The highest BCUT2D eigenvalue weighted by molar-refractivity contribution is 5.55. The van der Waals surface area contributed by atoms with Crippen LogP contribution in [0.1, 0.15) is 109 Å². The van der Waals surface area contributed by atoms with Crippen LogP contribution in [0.5, 0.6) is 5.75 Å². The Hall–Kier alpha value is -1.24. The quantitative estimate of drug-likeness (QED) is 0.253. The molecule has 26 heavy (non-hydrogen) atoms. The smallest absolute Gasteiger partial charge is 0.126 e. The molecule has 1 nitrogen and oxygen atoms in total. The Morgan fingerprint density at radius 2 is 1.31 bits per heavy atom. The van der Waals surface area contributed by atoms with Crippen LogP contribution < -0.4 is 4.74 Å². The van der Waals surface area contributed by atoms with Gasteiger partial charge in [-0.15, -0.1) is 0 Å². The number of rotatable bonds is 17. The molecule has 0 aliphatic rings. The van der Waals surface area contributed by atoms with Crippen molar-refractivity contribution < 1.29 is 4.74 Å². The molecule has 0 saturated carbocycles. The van der Waals surface area contributed by atoms with Crippen molar-refractivity contribution in [1.82, 2.24) is 0 Å². The molecule has 0 heterocycles.